The fourth-order valence-electron chi connectivity index (χ4n) is 8.73. The summed E-state index contributed by atoms with van der Waals surface area (Å²) in [4.78, 5) is 32.4. The molecule has 8 aromatic rings. The van der Waals surface area contributed by atoms with Crippen LogP contribution in [0.2, 0.25) is 0 Å². The SMILES string of the molecule is Cl.NCCc1ccc(O[Si]2(Oc3ccc(CCN)cc3)n3c4c5ccccc5c3N=C3N=C(N=c5c6ccccc6c(n52)=NC2=NC(=N4)c4ccccc42)c2ccccc23)cc1. The summed E-state index contributed by atoms with van der Waals surface area (Å²) in [5, 5.41) is 3.33. The predicted octanol–water partition coefficient (Wildman–Crippen LogP) is 6.95. The van der Waals surface area contributed by atoms with Crippen LogP contribution in [-0.2, 0) is 12.8 Å². The number of nitrogens with zero attached hydrogens (tertiary/aromatic N) is 8. The summed E-state index contributed by atoms with van der Waals surface area (Å²) >= 11 is 0. The molecule has 12 rings (SSSR count). The molecular weight excluding hydrogens is 812 g/mol. The lowest BCUT2D eigenvalue weighted by atomic mass is 10.1. The third kappa shape index (κ3) is 5.74. The lowest BCUT2D eigenvalue weighted by molar-refractivity contribution is 0.345. The zero-order valence-corrected chi connectivity index (χ0v) is 35.0. The molecule has 14 heteroatoms. The fourth-order valence-corrected chi connectivity index (χ4v) is 12.0. The van der Waals surface area contributed by atoms with Crippen molar-refractivity contribution in [3.63, 3.8) is 0 Å². The Bertz CT molecular complexity index is 3190. The number of hydrogen-bond acceptors (Lipinski definition) is 10. The highest BCUT2D eigenvalue weighted by Crippen LogP contribution is 2.44. The normalized spacial score (nSPS) is 14.9. The van der Waals surface area contributed by atoms with Crippen molar-refractivity contribution < 1.29 is 8.85 Å². The molecule has 0 spiro atoms. The smallest absolute Gasteiger partial charge is 0.480 e. The summed E-state index contributed by atoms with van der Waals surface area (Å²) in [5.41, 5.74) is 18.8. The Morgan fingerprint density at radius 1 is 0.403 bits per heavy atom. The van der Waals surface area contributed by atoms with Crippen LogP contribution in [0.25, 0.3) is 21.5 Å². The first-order valence-electron chi connectivity index (χ1n) is 20.3. The zero-order valence-electron chi connectivity index (χ0n) is 33.1. The van der Waals surface area contributed by atoms with Gasteiger partial charge in [-0.1, -0.05) is 121 Å². The minimum absolute atomic E-state index is 0. The van der Waals surface area contributed by atoms with Crippen LogP contribution in [0.4, 0.5) is 11.6 Å². The van der Waals surface area contributed by atoms with Crippen molar-refractivity contribution in [3.05, 3.63) is 190 Å². The molecule has 0 saturated carbocycles. The highest BCUT2D eigenvalue weighted by Gasteiger charge is 2.57. The van der Waals surface area contributed by atoms with Crippen molar-refractivity contribution in [1.82, 2.24) is 8.47 Å². The zero-order chi connectivity index (χ0) is 40.7. The lowest BCUT2D eigenvalue weighted by Crippen LogP contribution is -2.68. The molecule has 302 valence electrons. The molecule has 4 aliphatic rings. The van der Waals surface area contributed by atoms with Gasteiger partial charge in [-0.25, -0.2) is 30.0 Å². The number of aliphatic imine (C=N–C) groups is 4. The third-order valence-corrected chi connectivity index (χ3v) is 14.5. The maximum absolute atomic E-state index is 7.74. The van der Waals surface area contributed by atoms with E-state index < -0.39 is 8.88 Å². The van der Waals surface area contributed by atoms with Crippen molar-refractivity contribution in [1.29, 1.82) is 0 Å². The fraction of sp³-hybridized carbons (Fsp3) is 0.0833. The van der Waals surface area contributed by atoms with Gasteiger partial charge in [0.2, 0.25) is 0 Å². The van der Waals surface area contributed by atoms with Crippen LogP contribution in [0.3, 0.4) is 0 Å². The molecule has 0 atom stereocenters. The summed E-state index contributed by atoms with van der Waals surface area (Å²) < 4.78 is 19.6. The molecule has 4 N–H and O–H groups in total. The van der Waals surface area contributed by atoms with Crippen LogP contribution in [0.15, 0.2) is 176 Å². The molecule has 0 fully saturated rings. The van der Waals surface area contributed by atoms with E-state index in [1.807, 2.05) is 121 Å². The average molecular weight is 849 g/mol. The maximum Gasteiger partial charge on any atom is 0.738 e. The minimum Gasteiger partial charge on any atom is -0.480 e. The second-order valence-electron chi connectivity index (χ2n) is 15.2. The molecule has 6 bridgehead atoms. The van der Waals surface area contributed by atoms with Gasteiger partial charge in [-0.15, -0.1) is 12.4 Å². The van der Waals surface area contributed by atoms with E-state index in [-0.39, 0.29) is 12.4 Å². The minimum atomic E-state index is -4.49. The topological polar surface area (TPSA) is 155 Å². The number of hydrogen-bond donors (Lipinski definition) is 2. The molecule has 0 radical (unpaired) electrons. The summed E-state index contributed by atoms with van der Waals surface area (Å²) in [5.74, 6) is 4.33. The van der Waals surface area contributed by atoms with E-state index in [0.717, 1.165) is 67.8 Å². The summed E-state index contributed by atoms with van der Waals surface area (Å²) in [6.07, 6.45) is 1.45. The van der Waals surface area contributed by atoms with Gasteiger partial charge in [-0.05, 0) is 61.3 Å². The second-order valence-corrected chi connectivity index (χ2v) is 17.6. The highest BCUT2D eigenvalue weighted by molar-refractivity contribution is 6.67. The van der Waals surface area contributed by atoms with Gasteiger partial charge in [0.1, 0.15) is 34.1 Å². The van der Waals surface area contributed by atoms with E-state index >= 15 is 0 Å². The average Bonchev–Trinajstić information content (AvgIpc) is 4.01. The number of benzene rings is 6. The standard InChI is InChI=1S/C48H36N10O2Si.ClH/c49-27-25-29-17-21-31(22-18-29)59-61(60-32-23-19-30(20-24-32)26-28-50)57-45-37-13-5-6-14-38(37)47(57)55-43-35-11-3-4-12-36(35)44(52-43)56-48-40-16-8-7-15-39(40)46(58(48)61)54-42-34-10-2-1-9-33(34)41(51-42)53-45;/h1-24H,25-28,49-50H2;1H. The van der Waals surface area contributed by atoms with E-state index in [2.05, 4.69) is 32.7 Å². The number of fused-ring (bicyclic) bond motifs is 14. The van der Waals surface area contributed by atoms with Crippen molar-refractivity contribution in [2.75, 3.05) is 13.1 Å². The van der Waals surface area contributed by atoms with E-state index in [1.165, 1.54) is 0 Å². The van der Waals surface area contributed by atoms with Gasteiger partial charge < -0.3 is 20.3 Å². The van der Waals surface area contributed by atoms with Gasteiger partial charge in [-0.2, -0.15) is 0 Å². The molecule has 0 amide bonds. The third-order valence-electron chi connectivity index (χ3n) is 11.5. The van der Waals surface area contributed by atoms with Crippen molar-refractivity contribution in [2.24, 2.45) is 41.4 Å². The molecule has 2 aromatic heterocycles. The first kappa shape index (κ1) is 37.7. The Kier molecular flexibility index (Phi) is 8.94. The predicted molar refractivity (Wildman–Crippen MR) is 248 cm³/mol. The summed E-state index contributed by atoms with van der Waals surface area (Å²) in [7, 11) is -4.49. The van der Waals surface area contributed by atoms with E-state index in [4.69, 9.17) is 50.3 Å². The van der Waals surface area contributed by atoms with E-state index in [9.17, 15) is 0 Å². The Morgan fingerprint density at radius 3 is 1.15 bits per heavy atom. The van der Waals surface area contributed by atoms with Crippen LogP contribution in [-0.4, -0.2) is 53.8 Å². The first-order valence-corrected chi connectivity index (χ1v) is 22.0. The van der Waals surface area contributed by atoms with Gasteiger partial charge >= 0.3 is 8.88 Å². The van der Waals surface area contributed by atoms with Crippen LogP contribution < -0.4 is 31.3 Å². The molecule has 6 heterocycles. The first-order chi connectivity index (χ1) is 30.1. The van der Waals surface area contributed by atoms with Crippen molar-refractivity contribution in [3.8, 4) is 11.5 Å². The summed E-state index contributed by atoms with van der Waals surface area (Å²) in [6, 6.07) is 48.5. The maximum atomic E-state index is 7.74. The lowest BCUT2D eigenvalue weighted by Gasteiger charge is -2.33. The number of rotatable bonds is 8. The van der Waals surface area contributed by atoms with Gasteiger partial charge in [0, 0.05) is 43.8 Å². The molecule has 0 unspecified atom stereocenters. The molecule has 0 saturated heterocycles. The second kappa shape index (κ2) is 14.7. The summed E-state index contributed by atoms with van der Waals surface area (Å²) in [6.45, 7) is 1.05. The van der Waals surface area contributed by atoms with Crippen LogP contribution in [0.5, 0.6) is 11.5 Å². The van der Waals surface area contributed by atoms with Crippen molar-refractivity contribution in [2.45, 2.75) is 12.8 Å². The van der Waals surface area contributed by atoms with Gasteiger partial charge in [0.05, 0.1) is 0 Å². The molecule has 4 aliphatic heterocycles. The largest absolute Gasteiger partial charge is 0.738 e. The monoisotopic (exact) mass is 848 g/mol. The quantitative estimate of drug-likeness (QED) is 0.159. The number of aromatic nitrogens is 2. The highest BCUT2D eigenvalue weighted by atomic mass is 35.5. The Hall–Kier alpha value is -7.29. The molecule has 6 aromatic carbocycles. The van der Waals surface area contributed by atoms with Crippen LogP contribution in [0.1, 0.15) is 33.4 Å². The Labute approximate surface area is 362 Å². The Balaban J connectivity index is 0.00000432. The van der Waals surface area contributed by atoms with Gasteiger partial charge in [0.15, 0.2) is 23.3 Å². The van der Waals surface area contributed by atoms with Gasteiger partial charge in [-0.3, -0.25) is 8.47 Å². The van der Waals surface area contributed by atoms with Crippen molar-refractivity contribution >= 4 is 77.8 Å². The van der Waals surface area contributed by atoms with Gasteiger partial charge in [0.25, 0.3) is 0 Å². The number of amidine groups is 4. The Morgan fingerprint density at radius 2 is 0.758 bits per heavy atom. The molecule has 12 nitrogen and oxygen atoms in total. The number of nitrogens with two attached hydrogens (primary N) is 2. The molecule has 0 aliphatic carbocycles. The van der Waals surface area contributed by atoms with Crippen LogP contribution >= 0.6 is 12.4 Å². The van der Waals surface area contributed by atoms with E-state index in [0.29, 0.717) is 70.5 Å². The number of halogens is 1. The van der Waals surface area contributed by atoms with E-state index in [1.54, 1.807) is 0 Å². The molecule has 62 heavy (non-hydrogen) atoms. The molecular formula is C48H37ClN10O2Si. The van der Waals surface area contributed by atoms with Crippen LogP contribution in [0, 0.1) is 0 Å².